The highest BCUT2D eigenvalue weighted by molar-refractivity contribution is 7.92. The minimum atomic E-state index is -3.90. The molecule has 2 heterocycles. The van der Waals surface area contributed by atoms with Crippen LogP contribution in [0.25, 0.3) is 0 Å². The van der Waals surface area contributed by atoms with Crippen LogP contribution in [-0.4, -0.2) is 46.2 Å². The lowest BCUT2D eigenvalue weighted by Crippen LogP contribution is -2.52. The number of benzene rings is 3. The van der Waals surface area contributed by atoms with E-state index in [1.165, 1.54) is 4.31 Å². The number of hydrogen-bond acceptors (Lipinski definition) is 6. The van der Waals surface area contributed by atoms with Gasteiger partial charge in [0.15, 0.2) is 17.6 Å². The summed E-state index contributed by atoms with van der Waals surface area (Å²) in [6.45, 7) is 2.23. The van der Waals surface area contributed by atoms with Gasteiger partial charge >= 0.3 is 0 Å². The quantitative estimate of drug-likeness (QED) is 0.604. The largest absolute Gasteiger partial charge is 0.486 e. The van der Waals surface area contributed by atoms with Crippen molar-refractivity contribution in [3.05, 3.63) is 78.4 Å². The van der Waals surface area contributed by atoms with Crippen LogP contribution in [0.15, 0.2) is 77.7 Å². The number of nitrogens with zero attached hydrogens (tertiary/aromatic N) is 1. The van der Waals surface area contributed by atoms with Gasteiger partial charge in [-0.25, -0.2) is 8.42 Å². The summed E-state index contributed by atoms with van der Waals surface area (Å²) in [6, 6.07) is 20.7. The Balaban J connectivity index is 1.32. The van der Waals surface area contributed by atoms with Crippen molar-refractivity contribution >= 4 is 21.6 Å². The molecule has 5 rings (SSSR count). The van der Waals surface area contributed by atoms with Gasteiger partial charge in [0, 0.05) is 0 Å². The van der Waals surface area contributed by atoms with Crippen LogP contribution >= 0.6 is 0 Å². The van der Waals surface area contributed by atoms with Crippen molar-refractivity contribution < 1.29 is 27.4 Å². The van der Waals surface area contributed by atoms with E-state index < -0.39 is 22.0 Å². The Labute approximate surface area is 198 Å². The first-order chi connectivity index (χ1) is 16.4. The SMILES string of the molecule is Cc1ccc(S(=O)(=O)N2C[C@@H](C(=O)NC[C@H]3COc4ccccc4O3)Oc3ccccc32)cc1. The van der Waals surface area contributed by atoms with E-state index in [0.717, 1.165) is 5.56 Å². The summed E-state index contributed by atoms with van der Waals surface area (Å²) in [5.41, 5.74) is 1.35. The molecule has 0 fully saturated rings. The number of fused-ring (bicyclic) bond motifs is 2. The van der Waals surface area contributed by atoms with E-state index >= 15 is 0 Å². The van der Waals surface area contributed by atoms with Gasteiger partial charge in [-0.15, -0.1) is 0 Å². The molecule has 0 radical (unpaired) electrons. The fraction of sp³-hybridized carbons (Fsp3) is 0.240. The maximum atomic E-state index is 13.5. The van der Waals surface area contributed by atoms with E-state index in [1.54, 1.807) is 54.6 Å². The fourth-order valence-corrected chi connectivity index (χ4v) is 5.37. The normalized spacial score (nSPS) is 19.0. The first-order valence-corrected chi connectivity index (χ1v) is 12.4. The van der Waals surface area contributed by atoms with Crippen molar-refractivity contribution in [3.8, 4) is 17.2 Å². The lowest BCUT2D eigenvalue weighted by molar-refractivity contribution is -0.128. The molecule has 0 saturated carbocycles. The van der Waals surface area contributed by atoms with E-state index in [4.69, 9.17) is 14.2 Å². The zero-order valence-corrected chi connectivity index (χ0v) is 19.3. The van der Waals surface area contributed by atoms with Gasteiger partial charge in [-0.1, -0.05) is 42.0 Å². The summed E-state index contributed by atoms with van der Waals surface area (Å²) < 4.78 is 45.6. The molecule has 8 nitrogen and oxygen atoms in total. The molecule has 0 aromatic heterocycles. The van der Waals surface area contributed by atoms with Crippen LogP contribution in [0.3, 0.4) is 0 Å². The molecule has 0 spiro atoms. The van der Waals surface area contributed by atoms with Gasteiger partial charge in [0.25, 0.3) is 15.9 Å². The second kappa shape index (κ2) is 8.90. The number of carbonyl (C=O) groups is 1. The number of sulfonamides is 1. The Morgan fingerprint density at radius 3 is 2.38 bits per heavy atom. The molecule has 1 N–H and O–H groups in total. The predicted molar refractivity (Wildman–Crippen MR) is 126 cm³/mol. The highest BCUT2D eigenvalue weighted by Gasteiger charge is 2.37. The number of nitrogens with one attached hydrogen (secondary N) is 1. The molecular formula is C25H24N2O6S. The van der Waals surface area contributed by atoms with Crippen LogP contribution in [0.1, 0.15) is 5.56 Å². The number of para-hydroxylation sites is 4. The van der Waals surface area contributed by atoms with Gasteiger partial charge in [0.2, 0.25) is 0 Å². The van der Waals surface area contributed by atoms with Crippen LogP contribution in [0, 0.1) is 6.92 Å². The molecule has 3 aromatic rings. The number of ether oxygens (including phenoxy) is 3. The molecule has 2 aliphatic heterocycles. The molecule has 2 aliphatic rings. The van der Waals surface area contributed by atoms with Crippen molar-refractivity contribution in [2.45, 2.75) is 24.0 Å². The second-order valence-corrected chi connectivity index (χ2v) is 10.0. The molecular weight excluding hydrogens is 456 g/mol. The molecule has 1 amide bonds. The van der Waals surface area contributed by atoms with Gasteiger partial charge in [-0.2, -0.15) is 0 Å². The highest BCUT2D eigenvalue weighted by Crippen LogP contribution is 2.37. The third-order valence-electron chi connectivity index (χ3n) is 5.71. The van der Waals surface area contributed by atoms with Gasteiger partial charge in [0.1, 0.15) is 18.5 Å². The lowest BCUT2D eigenvalue weighted by Gasteiger charge is -2.35. The van der Waals surface area contributed by atoms with Crippen molar-refractivity contribution in [1.82, 2.24) is 5.32 Å². The number of hydrogen-bond donors (Lipinski definition) is 1. The molecule has 0 aliphatic carbocycles. The summed E-state index contributed by atoms with van der Waals surface area (Å²) >= 11 is 0. The molecule has 2 atom stereocenters. The standard InChI is InChI=1S/C25H24N2O6S/c1-17-10-12-19(13-11-17)34(29,30)27-15-24(33-21-7-3-2-6-20(21)27)25(28)26-14-18-16-31-22-8-4-5-9-23(22)32-18/h2-13,18,24H,14-16H2,1H3,(H,26,28)/t18-,24-/m0/s1. The first-order valence-electron chi connectivity index (χ1n) is 10.9. The van der Waals surface area contributed by atoms with Crippen molar-refractivity contribution in [2.24, 2.45) is 0 Å². The smallest absolute Gasteiger partial charge is 0.264 e. The zero-order chi connectivity index (χ0) is 23.7. The maximum absolute atomic E-state index is 13.5. The fourth-order valence-electron chi connectivity index (χ4n) is 3.90. The van der Waals surface area contributed by atoms with E-state index in [1.807, 2.05) is 25.1 Å². The summed E-state index contributed by atoms with van der Waals surface area (Å²) in [5.74, 6) is 1.18. The average Bonchev–Trinajstić information content (AvgIpc) is 2.86. The summed E-state index contributed by atoms with van der Waals surface area (Å²) in [7, 11) is -3.90. The maximum Gasteiger partial charge on any atom is 0.264 e. The number of anilines is 1. The summed E-state index contributed by atoms with van der Waals surface area (Å²) in [6.07, 6.45) is -1.39. The topological polar surface area (TPSA) is 94.2 Å². The van der Waals surface area contributed by atoms with Crippen molar-refractivity contribution in [1.29, 1.82) is 0 Å². The van der Waals surface area contributed by atoms with Gasteiger partial charge in [-0.3, -0.25) is 9.10 Å². The Hall–Kier alpha value is -3.72. The van der Waals surface area contributed by atoms with Crippen molar-refractivity contribution in [2.75, 3.05) is 24.0 Å². The van der Waals surface area contributed by atoms with E-state index in [-0.39, 0.29) is 24.1 Å². The number of rotatable bonds is 5. The molecule has 0 saturated heterocycles. The third-order valence-corrected chi connectivity index (χ3v) is 7.50. The van der Waals surface area contributed by atoms with E-state index in [2.05, 4.69) is 5.32 Å². The predicted octanol–water partition coefficient (Wildman–Crippen LogP) is 2.91. The second-order valence-electron chi connectivity index (χ2n) is 8.17. The Bertz CT molecular complexity index is 1310. The molecule has 34 heavy (non-hydrogen) atoms. The van der Waals surface area contributed by atoms with E-state index in [0.29, 0.717) is 29.5 Å². The molecule has 0 unspecified atom stereocenters. The van der Waals surface area contributed by atoms with Gasteiger partial charge in [-0.05, 0) is 43.3 Å². The van der Waals surface area contributed by atoms with Crippen LogP contribution in [-0.2, 0) is 14.8 Å². The third kappa shape index (κ3) is 4.26. The zero-order valence-electron chi connectivity index (χ0n) is 18.5. The van der Waals surface area contributed by atoms with Crippen molar-refractivity contribution in [3.63, 3.8) is 0 Å². The van der Waals surface area contributed by atoms with E-state index in [9.17, 15) is 13.2 Å². The monoisotopic (exact) mass is 480 g/mol. The molecule has 3 aromatic carbocycles. The van der Waals surface area contributed by atoms with Crippen LogP contribution in [0.4, 0.5) is 5.69 Å². The van der Waals surface area contributed by atoms with Crippen LogP contribution in [0.2, 0.25) is 0 Å². The Morgan fingerprint density at radius 2 is 1.62 bits per heavy atom. The number of carbonyl (C=O) groups excluding carboxylic acids is 1. The molecule has 0 bridgehead atoms. The lowest BCUT2D eigenvalue weighted by atomic mass is 10.2. The Morgan fingerprint density at radius 1 is 0.941 bits per heavy atom. The number of amides is 1. The van der Waals surface area contributed by atoms with Gasteiger partial charge in [0.05, 0.1) is 23.7 Å². The minimum absolute atomic E-state index is 0.149. The number of aryl methyl sites for hydroxylation is 1. The minimum Gasteiger partial charge on any atom is -0.486 e. The summed E-state index contributed by atoms with van der Waals surface area (Å²) in [4.78, 5) is 13.1. The van der Waals surface area contributed by atoms with Crippen LogP contribution < -0.4 is 23.8 Å². The Kier molecular flexibility index (Phi) is 5.79. The highest BCUT2D eigenvalue weighted by atomic mass is 32.2. The first kappa shape index (κ1) is 22.1. The van der Waals surface area contributed by atoms with Gasteiger partial charge < -0.3 is 19.5 Å². The average molecular weight is 481 g/mol. The molecule has 176 valence electrons. The molecule has 9 heteroatoms. The summed E-state index contributed by atoms with van der Waals surface area (Å²) in [5, 5.41) is 2.81. The van der Waals surface area contributed by atoms with Crippen LogP contribution in [0.5, 0.6) is 17.2 Å².